The molecule has 5 heteroatoms. The van der Waals surface area contributed by atoms with Gasteiger partial charge in [0.1, 0.15) is 5.75 Å². The molecule has 1 heterocycles. The molecular formula is C17H23N3O2. The van der Waals surface area contributed by atoms with Crippen molar-refractivity contribution >= 4 is 5.91 Å². The first kappa shape index (κ1) is 16.1. The lowest BCUT2D eigenvalue weighted by Crippen LogP contribution is -2.23. The smallest absolute Gasteiger partial charge is 0.220 e. The number of hydrogen-bond donors (Lipinski definition) is 1. The highest BCUT2D eigenvalue weighted by Crippen LogP contribution is 2.21. The van der Waals surface area contributed by atoms with Crippen LogP contribution in [0.15, 0.2) is 36.7 Å². The highest BCUT2D eigenvalue weighted by molar-refractivity contribution is 5.75. The molecule has 0 aliphatic carbocycles. The van der Waals surface area contributed by atoms with E-state index in [1.54, 1.807) is 7.11 Å². The second-order valence-corrected chi connectivity index (χ2v) is 5.17. The van der Waals surface area contributed by atoms with E-state index in [0.717, 1.165) is 42.8 Å². The lowest BCUT2D eigenvalue weighted by molar-refractivity contribution is -0.121. The first-order valence-corrected chi connectivity index (χ1v) is 7.66. The van der Waals surface area contributed by atoms with Gasteiger partial charge in [0.25, 0.3) is 0 Å². The standard InChI is InChI=1S/C17H23N3O2/c1-3-10-18-17(21)5-4-11-20-13-15(12-19-20)14-6-8-16(22-2)9-7-14/h6-9,12-13H,3-5,10-11H2,1-2H3,(H,18,21). The summed E-state index contributed by atoms with van der Waals surface area (Å²) in [6.45, 7) is 3.54. The second-order valence-electron chi connectivity index (χ2n) is 5.17. The van der Waals surface area contributed by atoms with E-state index in [9.17, 15) is 4.79 Å². The monoisotopic (exact) mass is 301 g/mol. The van der Waals surface area contributed by atoms with E-state index in [1.807, 2.05) is 48.3 Å². The molecule has 1 aromatic heterocycles. The topological polar surface area (TPSA) is 56.2 Å². The highest BCUT2D eigenvalue weighted by atomic mass is 16.5. The van der Waals surface area contributed by atoms with Gasteiger partial charge in [-0.2, -0.15) is 5.10 Å². The molecular weight excluding hydrogens is 278 g/mol. The van der Waals surface area contributed by atoms with E-state index in [1.165, 1.54) is 0 Å². The molecule has 0 radical (unpaired) electrons. The zero-order valence-corrected chi connectivity index (χ0v) is 13.2. The summed E-state index contributed by atoms with van der Waals surface area (Å²) >= 11 is 0. The van der Waals surface area contributed by atoms with Crippen LogP contribution in [-0.2, 0) is 11.3 Å². The van der Waals surface area contributed by atoms with E-state index in [-0.39, 0.29) is 5.91 Å². The molecule has 22 heavy (non-hydrogen) atoms. The van der Waals surface area contributed by atoms with Crippen molar-refractivity contribution < 1.29 is 9.53 Å². The number of benzene rings is 1. The number of nitrogens with one attached hydrogen (secondary N) is 1. The van der Waals surface area contributed by atoms with Crippen molar-refractivity contribution in [2.24, 2.45) is 0 Å². The van der Waals surface area contributed by atoms with Gasteiger partial charge in [-0.1, -0.05) is 19.1 Å². The van der Waals surface area contributed by atoms with E-state index < -0.39 is 0 Å². The van der Waals surface area contributed by atoms with Gasteiger partial charge in [0.05, 0.1) is 13.3 Å². The Morgan fingerprint density at radius 1 is 1.27 bits per heavy atom. The van der Waals surface area contributed by atoms with Gasteiger partial charge < -0.3 is 10.1 Å². The number of methoxy groups -OCH3 is 1. The van der Waals surface area contributed by atoms with Gasteiger partial charge in [0.15, 0.2) is 0 Å². The second kappa shape index (κ2) is 8.22. The number of hydrogen-bond acceptors (Lipinski definition) is 3. The lowest BCUT2D eigenvalue weighted by atomic mass is 10.1. The van der Waals surface area contributed by atoms with Crippen LogP contribution < -0.4 is 10.1 Å². The number of ether oxygens (including phenoxy) is 1. The van der Waals surface area contributed by atoms with E-state index >= 15 is 0 Å². The molecule has 0 aliphatic heterocycles. The van der Waals surface area contributed by atoms with E-state index in [0.29, 0.717) is 6.42 Å². The molecule has 118 valence electrons. The van der Waals surface area contributed by atoms with Crippen LogP contribution in [0.3, 0.4) is 0 Å². The molecule has 0 fully saturated rings. The molecule has 0 saturated heterocycles. The van der Waals surface area contributed by atoms with Crippen LogP contribution in [0.4, 0.5) is 0 Å². The molecule has 1 amide bonds. The fraction of sp³-hybridized carbons (Fsp3) is 0.412. The van der Waals surface area contributed by atoms with Crippen LogP contribution in [0.2, 0.25) is 0 Å². The van der Waals surface area contributed by atoms with Crippen LogP contribution in [-0.4, -0.2) is 29.3 Å². The summed E-state index contributed by atoms with van der Waals surface area (Å²) in [5, 5.41) is 7.23. The average Bonchev–Trinajstić information content (AvgIpc) is 3.02. The minimum Gasteiger partial charge on any atom is -0.497 e. The van der Waals surface area contributed by atoms with Gasteiger partial charge in [-0.15, -0.1) is 0 Å². The Morgan fingerprint density at radius 3 is 2.73 bits per heavy atom. The SMILES string of the molecule is CCCNC(=O)CCCn1cc(-c2ccc(OC)cc2)cn1. The number of amides is 1. The maximum absolute atomic E-state index is 11.5. The number of rotatable bonds is 8. The molecule has 0 atom stereocenters. The van der Waals surface area contributed by atoms with Crippen molar-refractivity contribution in [2.75, 3.05) is 13.7 Å². The Hall–Kier alpha value is -2.30. The Morgan fingerprint density at radius 2 is 2.05 bits per heavy atom. The van der Waals surface area contributed by atoms with Gasteiger partial charge in [-0.05, 0) is 30.5 Å². The number of carbonyl (C=O) groups is 1. The summed E-state index contributed by atoms with van der Waals surface area (Å²) in [6, 6.07) is 7.90. The zero-order chi connectivity index (χ0) is 15.8. The third-order valence-electron chi connectivity index (χ3n) is 3.42. The van der Waals surface area contributed by atoms with Crippen LogP contribution in [0.1, 0.15) is 26.2 Å². The molecule has 1 aromatic carbocycles. The van der Waals surface area contributed by atoms with Crippen molar-refractivity contribution in [3.63, 3.8) is 0 Å². The summed E-state index contributed by atoms with van der Waals surface area (Å²) in [5.74, 6) is 0.957. The van der Waals surface area contributed by atoms with Crippen molar-refractivity contribution in [1.29, 1.82) is 0 Å². The van der Waals surface area contributed by atoms with E-state index in [2.05, 4.69) is 10.4 Å². The average molecular weight is 301 g/mol. The van der Waals surface area contributed by atoms with Crippen LogP contribution in [0.5, 0.6) is 5.75 Å². The summed E-state index contributed by atoms with van der Waals surface area (Å²) in [6.07, 6.45) is 6.15. The normalized spacial score (nSPS) is 10.5. The molecule has 0 unspecified atom stereocenters. The summed E-state index contributed by atoms with van der Waals surface area (Å²) in [5.41, 5.74) is 2.17. The van der Waals surface area contributed by atoms with Crippen LogP contribution in [0.25, 0.3) is 11.1 Å². The molecule has 0 spiro atoms. The quantitative estimate of drug-likeness (QED) is 0.815. The van der Waals surface area contributed by atoms with Gasteiger partial charge >= 0.3 is 0 Å². The summed E-state index contributed by atoms with van der Waals surface area (Å²) in [7, 11) is 1.66. The lowest BCUT2D eigenvalue weighted by Gasteiger charge is -2.03. The Kier molecular flexibility index (Phi) is 6.01. The third kappa shape index (κ3) is 4.62. The minimum absolute atomic E-state index is 0.115. The first-order valence-electron chi connectivity index (χ1n) is 7.66. The largest absolute Gasteiger partial charge is 0.497 e. The molecule has 0 aliphatic rings. The van der Waals surface area contributed by atoms with Gasteiger partial charge in [0.2, 0.25) is 5.91 Å². The van der Waals surface area contributed by atoms with Gasteiger partial charge in [-0.25, -0.2) is 0 Å². The maximum Gasteiger partial charge on any atom is 0.220 e. The highest BCUT2D eigenvalue weighted by Gasteiger charge is 2.04. The Bertz CT molecular complexity index is 590. The van der Waals surface area contributed by atoms with Crippen molar-refractivity contribution in [1.82, 2.24) is 15.1 Å². The molecule has 0 bridgehead atoms. The molecule has 2 rings (SSSR count). The zero-order valence-electron chi connectivity index (χ0n) is 13.2. The number of nitrogens with zero attached hydrogens (tertiary/aromatic N) is 2. The van der Waals surface area contributed by atoms with Crippen LogP contribution >= 0.6 is 0 Å². The molecule has 5 nitrogen and oxygen atoms in total. The predicted molar refractivity (Wildman–Crippen MR) is 86.7 cm³/mol. The Labute approximate surface area is 131 Å². The van der Waals surface area contributed by atoms with Gasteiger partial charge in [-0.3, -0.25) is 9.48 Å². The minimum atomic E-state index is 0.115. The van der Waals surface area contributed by atoms with Crippen molar-refractivity contribution in [2.45, 2.75) is 32.7 Å². The summed E-state index contributed by atoms with van der Waals surface area (Å²) < 4.78 is 7.04. The number of carbonyl (C=O) groups excluding carboxylic acids is 1. The van der Waals surface area contributed by atoms with Crippen molar-refractivity contribution in [3.8, 4) is 16.9 Å². The summed E-state index contributed by atoms with van der Waals surface area (Å²) in [4.78, 5) is 11.5. The fourth-order valence-corrected chi connectivity index (χ4v) is 2.17. The first-order chi connectivity index (χ1) is 10.7. The number of aromatic nitrogens is 2. The fourth-order valence-electron chi connectivity index (χ4n) is 2.17. The van der Waals surface area contributed by atoms with Gasteiger partial charge in [0, 0.05) is 31.3 Å². The molecule has 2 aromatic rings. The molecule has 1 N–H and O–H groups in total. The number of aryl methyl sites for hydroxylation is 1. The van der Waals surface area contributed by atoms with Crippen LogP contribution in [0, 0.1) is 0 Å². The van der Waals surface area contributed by atoms with E-state index in [4.69, 9.17) is 4.74 Å². The third-order valence-corrected chi connectivity index (χ3v) is 3.42. The Balaban J connectivity index is 1.84. The maximum atomic E-state index is 11.5. The predicted octanol–water partition coefficient (Wildman–Crippen LogP) is 2.87. The van der Waals surface area contributed by atoms with Crippen molar-refractivity contribution in [3.05, 3.63) is 36.7 Å². The molecule has 0 saturated carbocycles.